The van der Waals surface area contributed by atoms with Crippen molar-refractivity contribution in [1.82, 2.24) is 0 Å². The van der Waals surface area contributed by atoms with Gasteiger partial charge in [-0.1, -0.05) is 77.0 Å². The van der Waals surface area contributed by atoms with Crippen molar-refractivity contribution in [2.75, 3.05) is 6.61 Å². The lowest BCUT2D eigenvalue weighted by atomic mass is 9.71. The van der Waals surface area contributed by atoms with Crippen LogP contribution in [-0.4, -0.2) is 6.61 Å². The number of ether oxygens (including phenoxy) is 1. The summed E-state index contributed by atoms with van der Waals surface area (Å²) in [6.45, 7) is 9.36. The zero-order valence-electron chi connectivity index (χ0n) is 17.2. The largest absolute Gasteiger partial charge is 0.494 e. The van der Waals surface area contributed by atoms with Gasteiger partial charge in [0.05, 0.1) is 6.61 Å². The van der Waals surface area contributed by atoms with Gasteiger partial charge in [-0.15, -0.1) is 6.58 Å². The van der Waals surface area contributed by atoms with Gasteiger partial charge < -0.3 is 4.74 Å². The van der Waals surface area contributed by atoms with Gasteiger partial charge in [0, 0.05) is 0 Å². The zero-order chi connectivity index (χ0) is 18.6. The summed E-state index contributed by atoms with van der Waals surface area (Å²) in [5, 5.41) is 0. The van der Waals surface area contributed by atoms with E-state index in [1.165, 1.54) is 63.4 Å². The van der Waals surface area contributed by atoms with Crippen LogP contribution in [-0.2, 0) is 0 Å². The fraction of sp³-hybridized carbons (Fsp3) is 0.680. The minimum Gasteiger partial charge on any atom is -0.494 e. The molecule has 1 aromatic carbocycles. The molecular formula is C25H40O. The number of rotatable bonds is 12. The molecule has 1 heteroatoms. The predicted molar refractivity (Wildman–Crippen MR) is 114 cm³/mol. The Kier molecular flexibility index (Phi) is 9.89. The Labute approximate surface area is 162 Å². The van der Waals surface area contributed by atoms with Crippen LogP contribution >= 0.6 is 0 Å². The Balaban J connectivity index is 1.89. The monoisotopic (exact) mass is 356 g/mol. The van der Waals surface area contributed by atoms with E-state index in [9.17, 15) is 0 Å². The van der Waals surface area contributed by atoms with E-state index in [2.05, 4.69) is 50.8 Å². The van der Waals surface area contributed by atoms with Gasteiger partial charge in [-0.2, -0.15) is 0 Å². The highest BCUT2D eigenvalue weighted by atomic mass is 16.5. The maximum absolute atomic E-state index is 5.83. The first kappa shape index (κ1) is 21.1. The Morgan fingerprint density at radius 1 is 1.00 bits per heavy atom. The Hall–Kier alpha value is -1.24. The molecule has 26 heavy (non-hydrogen) atoms. The molecule has 1 saturated carbocycles. The van der Waals surface area contributed by atoms with Crippen molar-refractivity contribution in [3.8, 4) is 5.75 Å². The molecule has 0 spiro atoms. The van der Waals surface area contributed by atoms with E-state index < -0.39 is 0 Å². The van der Waals surface area contributed by atoms with Crippen LogP contribution in [0.4, 0.5) is 0 Å². The molecule has 146 valence electrons. The minimum atomic E-state index is 0.633. The third kappa shape index (κ3) is 6.82. The molecule has 0 aliphatic heterocycles. The highest BCUT2D eigenvalue weighted by Gasteiger charge is 2.27. The van der Waals surface area contributed by atoms with Crippen LogP contribution in [0.5, 0.6) is 5.75 Å². The van der Waals surface area contributed by atoms with Crippen molar-refractivity contribution in [1.29, 1.82) is 0 Å². The van der Waals surface area contributed by atoms with Gasteiger partial charge in [-0.25, -0.2) is 0 Å². The topological polar surface area (TPSA) is 9.23 Å². The van der Waals surface area contributed by atoms with Crippen LogP contribution in [0.3, 0.4) is 0 Å². The molecule has 0 heterocycles. The van der Waals surface area contributed by atoms with E-state index in [4.69, 9.17) is 4.74 Å². The molecule has 1 nitrogen and oxygen atoms in total. The van der Waals surface area contributed by atoms with E-state index >= 15 is 0 Å². The van der Waals surface area contributed by atoms with Crippen LogP contribution in [0.2, 0.25) is 0 Å². The lowest BCUT2D eigenvalue weighted by Gasteiger charge is -2.34. The Morgan fingerprint density at radius 3 is 2.31 bits per heavy atom. The van der Waals surface area contributed by atoms with Crippen molar-refractivity contribution in [3.63, 3.8) is 0 Å². The minimum absolute atomic E-state index is 0.633. The average Bonchev–Trinajstić information content (AvgIpc) is 2.68. The van der Waals surface area contributed by atoms with Crippen molar-refractivity contribution >= 4 is 0 Å². The number of unbranched alkanes of at least 4 members (excludes halogenated alkanes) is 3. The van der Waals surface area contributed by atoms with E-state index in [-0.39, 0.29) is 0 Å². The van der Waals surface area contributed by atoms with Gasteiger partial charge in [0.2, 0.25) is 0 Å². The Bertz CT molecular complexity index is 481. The molecule has 2 rings (SSSR count). The van der Waals surface area contributed by atoms with Crippen molar-refractivity contribution in [2.45, 2.75) is 90.4 Å². The third-order valence-electron chi connectivity index (χ3n) is 6.17. The summed E-state index contributed by atoms with van der Waals surface area (Å²) in [6.07, 6.45) is 16.8. The lowest BCUT2D eigenvalue weighted by molar-refractivity contribution is 0.230. The SMILES string of the molecule is C=CCC(c1ccc(OCCCC)cc1)C1CCC(CCCCC)CC1. The average molecular weight is 357 g/mol. The van der Waals surface area contributed by atoms with Crippen LogP contribution in [0.1, 0.15) is 96.0 Å². The van der Waals surface area contributed by atoms with Gasteiger partial charge in [0.1, 0.15) is 5.75 Å². The van der Waals surface area contributed by atoms with Crippen LogP contribution in [0.25, 0.3) is 0 Å². The number of benzene rings is 1. The number of allylic oxidation sites excluding steroid dienone is 1. The highest BCUT2D eigenvalue weighted by Crippen LogP contribution is 2.41. The standard InChI is InChI=1S/C25H40O/c1-4-7-9-11-21-12-14-22(15-13-21)25(10-6-3)23-16-18-24(19-17-23)26-20-8-5-2/h6,16-19,21-22,25H,3-5,7-15,20H2,1-2H3. The molecule has 0 radical (unpaired) electrons. The number of hydrogen-bond acceptors (Lipinski definition) is 1. The summed E-state index contributed by atoms with van der Waals surface area (Å²) in [5.74, 6) is 3.45. The van der Waals surface area contributed by atoms with E-state index in [1.807, 2.05) is 0 Å². The first-order valence-corrected chi connectivity index (χ1v) is 11.1. The second-order valence-corrected chi connectivity index (χ2v) is 8.18. The van der Waals surface area contributed by atoms with E-state index in [0.29, 0.717) is 5.92 Å². The Morgan fingerprint density at radius 2 is 1.69 bits per heavy atom. The smallest absolute Gasteiger partial charge is 0.119 e. The molecule has 0 amide bonds. The molecule has 1 unspecified atom stereocenters. The molecule has 1 aromatic rings. The van der Waals surface area contributed by atoms with Crippen molar-refractivity contribution in [2.24, 2.45) is 11.8 Å². The van der Waals surface area contributed by atoms with Gasteiger partial charge in [-0.05, 0) is 61.1 Å². The van der Waals surface area contributed by atoms with Crippen molar-refractivity contribution < 1.29 is 4.74 Å². The van der Waals surface area contributed by atoms with Crippen LogP contribution in [0, 0.1) is 11.8 Å². The molecule has 1 aliphatic carbocycles. The van der Waals surface area contributed by atoms with Gasteiger partial charge in [-0.3, -0.25) is 0 Å². The zero-order valence-corrected chi connectivity index (χ0v) is 17.2. The highest BCUT2D eigenvalue weighted by molar-refractivity contribution is 5.30. The molecule has 0 bridgehead atoms. The van der Waals surface area contributed by atoms with Crippen LogP contribution < -0.4 is 4.74 Å². The molecule has 0 saturated heterocycles. The quantitative estimate of drug-likeness (QED) is 0.273. The fourth-order valence-electron chi connectivity index (χ4n) is 4.49. The molecule has 1 aliphatic rings. The number of hydrogen-bond donors (Lipinski definition) is 0. The van der Waals surface area contributed by atoms with Gasteiger partial charge in [0.25, 0.3) is 0 Å². The summed E-state index contributed by atoms with van der Waals surface area (Å²) >= 11 is 0. The fourth-order valence-corrected chi connectivity index (χ4v) is 4.49. The summed E-state index contributed by atoms with van der Waals surface area (Å²) in [4.78, 5) is 0. The van der Waals surface area contributed by atoms with Gasteiger partial charge in [0.15, 0.2) is 0 Å². The van der Waals surface area contributed by atoms with E-state index in [1.54, 1.807) is 0 Å². The van der Waals surface area contributed by atoms with E-state index in [0.717, 1.165) is 37.0 Å². The predicted octanol–water partition coefficient (Wildman–Crippen LogP) is 7.91. The second-order valence-electron chi connectivity index (χ2n) is 8.18. The second kappa shape index (κ2) is 12.2. The maximum Gasteiger partial charge on any atom is 0.119 e. The molecule has 1 atom stereocenters. The lowest BCUT2D eigenvalue weighted by Crippen LogP contribution is -2.20. The summed E-state index contributed by atoms with van der Waals surface area (Å²) in [6, 6.07) is 8.92. The summed E-state index contributed by atoms with van der Waals surface area (Å²) in [7, 11) is 0. The van der Waals surface area contributed by atoms with Crippen LogP contribution in [0.15, 0.2) is 36.9 Å². The van der Waals surface area contributed by atoms with Gasteiger partial charge >= 0.3 is 0 Å². The summed E-state index contributed by atoms with van der Waals surface area (Å²) in [5.41, 5.74) is 1.47. The molecule has 1 fully saturated rings. The summed E-state index contributed by atoms with van der Waals surface area (Å²) < 4.78 is 5.83. The normalized spacial score (nSPS) is 21.3. The van der Waals surface area contributed by atoms with Crippen molar-refractivity contribution in [3.05, 3.63) is 42.5 Å². The molecular weight excluding hydrogens is 316 g/mol. The molecule has 0 N–H and O–H groups in total. The first-order valence-electron chi connectivity index (χ1n) is 11.1. The first-order chi connectivity index (χ1) is 12.8. The molecule has 0 aromatic heterocycles. The maximum atomic E-state index is 5.83. The third-order valence-corrected chi connectivity index (χ3v) is 6.17.